The van der Waals surface area contributed by atoms with E-state index in [1.165, 1.54) is 5.56 Å². The predicted octanol–water partition coefficient (Wildman–Crippen LogP) is 1.86. The topological polar surface area (TPSA) is 75.3 Å². The van der Waals surface area contributed by atoms with Gasteiger partial charge in [-0.05, 0) is 30.4 Å². The second kappa shape index (κ2) is 8.36. The molecule has 2 rings (SSSR count). The highest BCUT2D eigenvalue weighted by Crippen LogP contribution is 2.44. The van der Waals surface area contributed by atoms with Gasteiger partial charge in [0.1, 0.15) is 7.85 Å². The Hall–Kier alpha value is -1.34. The molecule has 138 valence electrons. The quantitative estimate of drug-likeness (QED) is 0.783. The molecule has 1 amide bonds. The molecule has 1 aromatic carbocycles. The van der Waals surface area contributed by atoms with Crippen molar-refractivity contribution in [3.8, 4) is 0 Å². The Kier molecular flexibility index (Phi) is 7.26. The van der Waals surface area contributed by atoms with Gasteiger partial charge < -0.3 is 5.32 Å². The monoisotopic (exact) mass is 364 g/mol. The minimum absolute atomic E-state index is 0.306. The second-order valence-electron chi connectivity index (χ2n) is 6.46. The number of carbonyl (C=O) groups excluding carboxylic acids is 1. The van der Waals surface area contributed by atoms with Crippen LogP contribution in [0.4, 0.5) is 0 Å². The Labute approximate surface area is 153 Å². The third-order valence-electron chi connectivity index (χ3n) is 4.95. The Balaban J connectivity index is 0.00000151. The normalized spacial score (nSPS) is 25.3. The number of hydrogen-bond acceptors (Lipinski definition) is 3. The molecule has 0 heterocycles. The van der Waals surface area contributed by atoms with E-state index in [1.54, 1.807) is 0 Å². The van der Waals surface area contributed by atoms with E-state index in [-0.39, 0.29) is 6.54 Å². The zero-order valence-corrected chi connectivity index (χ0v) is 16.7. The van der Waals surface area contributed by atoms with Gasteiger partial charge in [0.2, 0.25) is 15.9 Å². The van der Waals surface area contributed by atoms with Crippen LogP contribution in [-0.4, -0.2) is 40.4 Å². The van der Waals surface area contributed by atoms with E-state index in [0.29, 0.717) is 6.42 Å². The van der Waals surface area contributed by atoms with Crippen LogP contribution in [0.3, 0.4) is 0 Å². The van der Waals surface area contributed by atoms with E-state index < -0.39 is 26.8 Å². The molecule has 5 nitrogen and oxygen atoms in total. The summed E-state index contributed by atoms with van der Waals surface area (Å²) in [6.45, 7) is 7.79. The van der Waals surface area contributed by atoms with Gasteiger partial charge in [-0.3, -0.25) is 4.79 Å². The molecule has 7 heteroatoms. The standard InChI is InChI=1S/C16H23BN2O3S.C2H6/c1-4-15(2)13-8-6-5-7-12(13)9-10-16(15,17)19-14(20)11-18-23(3,21)22;1-2/h5-8,18H,4,9-11H2,1-3H3,(H,19,20);1-2H3. The van der Waals surface area contributed by atoms with Crippen LogP contribution in [0.1, 0.15) is 51.7 Å². The first-order valence-corrected chi connectivity index (χ1v) is 10.6. The fourth-order valence-corrected chi connectivity index (χ4v) is 3.71. The molecular weight excluding hydrogens is 335 g/mol. The van der Waals surface area contributed by atoms with Crippen LogP contribution >= 0.6 is 0 Å². The average molecular weight is 364 g/mol. The number of aryl methyl sites for hydroxylation is 1. The average Bonchev–Trinajstić information content (AvgIpc) is 2.58. The number of sulfonamides is 1. The van der Waals surface area contributed by atoms with Crippen molar-refractivity contribution in [2.75, 3.05) is 12.8 Å². The molecule has 0 aliphatic heterocycles. The lowest BCUT2D eigenvalue weighted by atomic mass is 9.50. The number of carbonyl (C=O) groups is 1. The number of amides is 1. The first-order valence-electron chi connectivity index (χ1n) is 8.74. The molecular formula is C18H29BN2O3S. The molecule has 0 bridgehead atoms. The van der Waals surface area contributed by atoms with Crippen LogP contribution in [-0.2, 0) is 26.7 Å². The Morgan fingerprint density at radius 3 is 2.44 bits per heavy atom. The van der Waals surface area contributed by atoms with Crippen LogP contribution in [0.15, 0.2) is 24.3 Å². The van der Waals surface area contributed by atoms with Gasteiger partial charge in [-0.2, -0.15) is 0 Å². The zero-order valence-electron chi connectivity index (χ0n) is 15.8. The van der Waals surface area contributed by atoms with E-state index in [2.05, 4.69) is 29.1 Å². The summed E-state index contributed by atoms with van der Waals surface area (Å²) in [6, 6.07) is 8.13. The molecule has 2 atom stereocenters. The number of hydrogen-bond donors (Lipinski definition) is 2. The first-order chi connectivity index (χ1) is 11.6. The third-order valence-corrected chi connectivity index (χ3v) is 5.62. The summed E-state index contributed by atoms with van der Waals surface area (Å²) in [5, 5.41) is 2.86. The fraction of sp³-hybridized carbons (Fsp3) is 0.611. The fourth-order valence-electron chi connectivity index (χ4n) is 3.32. The maximum atomic E-state index is 12.2. The Morgan fingerprint density at radius 1 is 1.28 bits per heavy atom. The Bertz CT molecular complexity index is 708. The molecule has 0 spiro atoms. The number of benzene rings is 1. The van der Waals surface area contributed by atoms with E-state index in [0.717, 1.165) is 24.7 Å². The van der Waals surface area contributed by atoms with Crippen LogP contribution in [0, 0.1) is 0 Å². The summed E-state index contributed by atoms with van der Waals surface area (Å²) in [5.41, 5.74) is 1.07. The maximum Gasteiger partial charge on any atom is 0.234 e. The highest BCUT2D eigenvalue weighted by molar-refractivity contribution is 7.88. The molecule has 2 unspecified atom stereocenters. The SMILES string of the molecule is CC.[B]C1(NC(=O)CNS(C)(=O)=O)CCc2ccccc2C1(C)CC. The summed E-state index contributed by atoms with van der Waals surface area (Å²) >= 11 is 0. The molecule has 2 radical (unpaired) electrons. The van der Waals surface area contributed by atoms with Gasteiger partial charge in [0.15, 0.2) is 0 Å². The molecule has 25 heavy (non-hydrogen) atoms. The minimum Gasteiger partial charge on any atom is -0.357 e. The molecule has 1 aromatic rings. The van der Waals surface area contributed by atoms with Crippen molar-refractivity contribution >= 4 is 23.8 Å². The van der Waals surface area contributed by atoms with Crippen molar-refractivity contribution in [3.63, 3.8) is 0 Å². The van der Waals surface area contributed by atoms with E-state index >= 15 is 0 Å². The molecule has 2 N–H and O–H groups in total. The first kappa shape index (κ1) is 21.7. The van der Waals surface area contributed by atoms with Crippen molar-refractivity contribution in [2.45, 2.75) is 57.8 Å². The summed E-state index contributed by atoms with van der Waals surface area (Å²) in [6.07, 6.45) is 3.17. The van der Waals surface area contributed by atoms with Crippen LogP contribution in [0.5, 0.6) is 0 Å². The van der Waals surface area contributed by atoms with Crippen molar-refractivity contribution in [3.05, 3.63) is 35.4 Å². The number of fused-ring (bicyclic) bond motifs is 1. The Morgan fingerprint density at radius 2 is 1.88 bits per heavy atom. The zero-order chi connectivity index (χ0) is 19.3. The molecule has 1 aliphatic carbocycles. The summed E-state index contributed by atoms with van der Waals surface area (Å²) < 4.78 is 24.5. The van der Waals surface area contributed by atoms with Gasteiger partial charge in [0.25, 0.3) is 0 Å². The van der Waals surface area contributed by atoms with Gasteiger partial charge in [-0.15, -0.1) is 0 Å². The lowest BCUT2D eigenvalue weighted by Gasteiger charge is -2.52. The van der Waals surface area contributed by atoms with E-state index in [1.807, 2.05) is 32.9 Å². The van der Waals surface area contributed by atoms with Crippen molar-refractivity contribution in [2.24, 2.45) is 0 Å². The van der Waals surface area contributed by atoms with Crippen LogP contribution in [0.25, 0.3) is 0 Å². The molecule has 0 fully saturated rings. The minimum atomic E-state index is -3.41. The maximum absolute atomic E-state index is 12.2. The molecule has 1 aliphatic rings. The van der Waals surface area contributed by atoms with E-state index in [9.17, 15) is 13.2 Å². The second-order valence-corrected chi connectivity index (χ2v) is 8.29. The van der Waals surface area contributed by atoms with Crippen molar-refractivity contribution in [1.29, 1.82) is 0 Å². The van der Waals surface area contributed by atoms with Gasteiger partial charge in [0.05, 0.1) is 12.8 Å². The predicted molar refractivity (Wildman–Crippen MR) is 103 cm³/mol. The molecule has 0 saturated heterocycles. The van der Waals surface area contributed by atoms with Crippen molar-refractivity contribution in [1.82, 2.24) is 10.0 Å². The third kappa shape index (κ3) is 4.85. The lowest BCUT2D eigenvalue weighted by molar-refractivity contribution is -0.121. The van der Waals surface area contributed by atoms with Crippen LogP contribution < -0.4 is 10.0 Å². The largest absolute Gasteiger partial charge is 0.357 e. The highest BCUT2D eigenvalue weighted by Gasteiger charge is 2.47. The van der Waals surface area contributed by atoms with Crippen LogP contribution in [0.2, 0.25) is 0 Å². The van der Waals surface area contributed by atoms with Gasteiger partial charge in [-0.25, -0.2) is 13.1 Å². The smallest absolute Gasteiger partial charge is 0.234 e. The lowest BCUT2D eigenvalue weighted by Crippen LogP contribution is -2.64. The number of rotatable bonds is 5. The van der Waals surface area contributed by atoms with E-state index in [4.69, 9.17) is 7.85 Å². The molecule has 0 aromatic heterocycles. The number of nitrogens with one attached hydrogen (secondary N) is 2. The highest BCUT2D eigenvalue weighted by atomic mass is 32.2. The van der Waals surface area contributed by atoms with Gasteiger partial charge >= 0.3 is 0 Å². The summed E-state index contributed by atoms with van der Waals surface area (Å²) in [4.78, 5) is 12.2. The van der Waals surface area contributed by atoms with Gasteiger partial charge in [-0.1, -0.05) is 52.0 Å². The summed E-state index contributed by atoms with van der Waals surface area (Å²) in [5.74, 6) is -0.419. The summed E-state index contributed by atoms with van der Waals surface area (Å²) in [7, 11) is 3.18. The van der Waals surface area contributed by atoms with Gasteiger partial charge in [0, 0.05) is 10.9 Å². The molecule has 0 saturated carbocycles. The van der Waals surface area contributed by atoms with Crippen molar-refractivity contribution < 1.29 is 13.2 Å².